The van der Waals surface area contributed by atoms with Gasteiger partial charge in [-0.05, 0) is 30.4 Å². The Labute approximate surface area is 132 Å². The van der Waals surface area contributed by atoms with Gasteiger partial charge < -0.3 is 4.57 Å². The van der Waals surface area contributed by atoms with Crippen LogP contribution in [0.1, 0.15) is 18.9 Å². The number of fused-ring (bicyclic) bond motifs is 2. The van der Waals surface area contributed by atoms with Gasteiger partial charge in [0.05, 0.1) is 11.0 Å². The summed E-state index contributed by atoms with van der Waals surface area (Å²) in [7, 11) is 0. The molecule has 4 aromatic rings. The van der Waals surface area contributed by atoms with Crippen LogP contribution in [0.3, 0.4) is 0 Å². The molecule has 2 aromatic carbocycles. The minimum Gasteiger partial charge on any atom is -0.321 e. The van der Waals surface area contributed by atoms with E-state index in [0.717, 1.165) is 40.5 Å². The molecule has 2 heterocycles. The molecular weight excluding hydrogens is 289 g/mol. The van der Waals surface area contributed by atoms with Crippen molar-refractivity contribution in [1.82, 2.24) is 14.5 Å². The standard InChI is InChI=1S/C19H14FN3/c20-13-5-8-18-17(9-13)22-19(23(18)14-6-7-14)16-11-21-10-12-3-1-2-4-15(12)16/h1-5,8-11,14H,6-7H2. The van der Waals surface area contributed by atoms with Crippen LogP contribution < -0.4 is 0 Å². The van der Waals surface area contributed by atoms with Crippen LogP contribution in [0.4, 0.5) is 4.39 Å². The molecule has 0 spiro atoms. The number of aromatic nitrogens is 3. The lowest BCUT2D eigenvalue weighted by atomic mass is 10.1. The molecule has 0 amide bonds. The third-order valence-corrected chi connectivity index (χ3v) is 4.47. The molecule has 1 fully saturated rings. The van der Waals surface area contributed by atoms with Crippen LogP contribution >= 0.6 is 0 Å². The summed E-state index contributed by atoms with van der Waals surface area (Å²) in [6, 6.07) is 13.5. The molecule has 4 heteroatoms. The largest absolute Gasteiger partial charge is 0.321 e. The third kappa shape index (κ3) is 1.95. The van der Waals surface area contributed by atoms with Crippen LogP contribution in [0.25, 0.3) is 33.2 Å². The first kappa shape index (κ1) is 12.8. The molecule has 0 saturated heterocycles. The van der Waals surface area contributed by atoms with E-state index >= 15 is 0 Å². The monoisotopic (exact) mass is 303 g/mol. The van der Waals surface area contributed by atoms with E-state index in [2.05, 4.69) is 21.7 Å². The van der Waals surface area contributed by atoms with Gasteiger partial charge in [0.1, 0.15) is 11.6 Å². The number of benzene rings is 2. The van der Waals surface area contributed by atoms with Gasteiger partial charge in [-0.3, -0.25) is 4.98 Å². The molecule has 1 saturated carbocycles. The number of imidazole rings is 1. The fourth-order valence-corrected chi connectivity index (χ4v) is 3.26. The summed E-state index contributed by atoms with van der Waals surface area (Å²) in [5.74, 6) is 0.637. The first-order chi connectivity index (χ1) is 11.3. The van der Waals surface area contributed by atoms with Crippen molar-refractivity contribution in [3.63, 3.8) is 0 Å². The van der Waals surface area contributed by atoms with Crippen LogP contribution in [-0.2, 0) is 0 Å². The van der Waals surface area contributed by atoms with E-state index in [0.29, 0.717) is 11.6 Å². The molecule has 5 rings (SSSR count). The van der Waals surface area contributed by atoms with Crippen LogP contribution in [-0.4, -0.2) is 14.5 Å². The number of pyridine rings is 1. The summed E-state index contributed by atoms with van der Waals surface area (Å²) in [4.78, 5) is 9.11. The fourth-order valence-electron chi connectivity index (χ4n) is 3.26. The average molecular weight is 303 g/mol. The molecule has 1 aliphatic rings. The third-order valence-electron chi connectivity index (χ3n) is 4.47. The molecule has 0 radical (unpaired) electrons. The molecule has 0 atom stereocenters. The van der Waals surface area contributed by atoms with Gasteiger partial charge in [-0.2, -0.15) is 0 Å². The number of nitrogens with zero attached hydrogens (tertiary/aromatic N) is 3. The van der Waals surface area contributed by atoms with Crippen molar-refractivity contribution in [2.24, 2.45) is 0 Å². The van der Waals surface area contributed by atoms with Crippen LogP contribution in [0, 0.1) is 5.82 Å². The Hall–Kier alpha value is -2.75. The Kier molecular flexibility index (Phi) is 2.56. The highest BCUT2D eigenvalue weighted by Gasteiger charge is 2.29. The minimum absolute atomic E-state index is 0.249. The second kappa shape index (κ2) is 4.62. The summed E-state index contributed by atoms with van der Waals surface area (Å²) < 4.78 is 15.8. The zero-order valence-electron chi connectivity index (χ0n) is 12.4. The van der Waals surface area contributed by atoms with Crippen LogP contribution in [0.2, 0.25) is 0 Å². The zero-order chi connectivity index (χ0) is 15.4. The molecule has 112 valence electrons. The predicted molar refractivity (Wildman–Crippen MR) is 88.7 cm³/mol. The van der Waals surface area contributed by atoms with Crippen LogP contribution in [0.15, 0.2) is 54.9 Å². The maximum Gasteiger partial charge on any atom is 0.143 e. The topological polar surface area (TPSA) is 30.7 Å². The summed E-state index contributed by atoms with van der Waals surface area (Å²) in [5.41, 5.74) is 2.71. The predicted octanol–water partition coefficient (Wildman–Crippen LogP) is 4.73. The maximum absolute atomic E-state index is 13.6. The molecule has 2 aromatic heterocycles. The smallest absolute Gasteiger partial charge is 0.143 e. The lowest BCUT2D eigenvalue weighted by molar-refractivity contribution is 0.629. The Morgan fingerprint density at radius 3 is 2.78 bits per heavy atom. The van der Waals surface area contributed by atoms with E-state index in [1.165, 1.54) is 12.1 Å². The van der Waals surface area contributed by atoms with Gasteiger partial charge in [0.2, 0.25) is 0 Å². The van der Waals surface area contributed by atoms with Gasteiger partial charge in [-0.25, -0.2) is 9.37 Å². The second-order valence-corrected chi connectivity index (χ2v) is 6.08. The lowest BCUT2D eigenvalue weighted by Crippen LogP contribution is -1.98. The van der Waals surface area contributed by atoms with E-state index < -0.39 is 0 Å². The Balaban J connectivity index is 1.87. The molecule has 0 N–H and O–H groups in total. The highest BCUT2D eigenvalue weighted by molar-refractivity contribution is 5.96. The number of hydrogen-bond acceptors (Lipinski definition) is 2. The number of halogens is 1. The zero-order valence-corrected chi connectivity index (χ0v) is 12.4. The van der Waals surface area contributed by atoms with Gasteiger partial charge in [-0.15, -0.1) is 0 Å². The van der Waals surface area contributed by atoms with Crippen molar-refractivity contribution < 1.29 is 4.39 Å². The van der Waals surface area contributed by atoms with Gasteiger partial charge in [0, 0.05) is 35.5 Å². The van der Waals surface area contributed by atoms with E-state index in [1.54, 1.807) is 0 Å². The number of rotatable bonds is 2. The highest BCUT2D eigenvalue weighted by atomic mass is 19.1. The van der Waals surface area contributed by atoms with Gasteiger partial charge in [0.15, 0.2) is 0 Å². The molecule has 1 aliphatic carbocycles. The van der Waals surface area contributed by atoms with Crippen molar-refractivity contribution in [3.8, 4) is 11.4 Å². The normalized spacial score (nSPS) is 14.7. The van der Waals surface area contributed by atoms with Gasteiger partial charge in [0.25, 0.3) is 0 Å². The molecular formula is C19H14FN3. The Morgan fingerprint density at radius 1 is 1.04 bits per heavy atom. The van der Waals surface area contributed by atoms with E-state index in [-0.39, 0.29) is 5.82 Å². The Bertz CT molecular complexity index is 1040. The van der Waals surface area contributed by atoms with Crippen molar-refractivity contribution >= 4 is 21.8 Å². The number of hydrogen-bond donors (Lipinski definition) is 0. The molecule has 23 heavy (non-hydrogen) atoms. The first-order valence-electron chi connectivity index (χ1n) is 7.82. The maximum atomic E-state index is 13.6. The summed E-state index contributed by atoms with van der Waals surface area (Å²) in [6.45, 7) is 0. The average Bonchev–Trinajstić information content (AvgIpc) is 3.35. The minimum atomic E-state index is -0.249. The van der Waals surface area contributed by atoms with Gasteiger partial charge in [-0.1, -0.05) is 24.3 Å². The summed E-state index contributed by atoms with van der Waals surface area (Å²) >= 11 is 0. The van der Waals surface area contributed by atoms with E-state index in [1.807, 2.05) is 30.6 Å². The SMILES string of the molecule is Fc1ccc2c(c1)nc(-c1cncc3ccccc13)n2C1CC1. The Morgan fingerprint density at radius 2 is 1.91 bits per heavy atom. The fraction of sp³-hybridized carbons (Fsp3) is 0.158. The van der Waals surface area contributed by atoms with Gasteiger partial charge >= 0.3 is 0 Å². The molecule has 0 unspecified atom stereocenters. The second-order valence-electron chi connectivity index (χ2n) is 6.08. The lowest BCUT2D eigenvalue weighted by Gasteiger charge is -2.09. The van der Waals surface area contributed by atoms with E-state index in [9.17, 15) is 4.39 Å². The van der Waals surface area contributed by atoms with Crippen molar-refractivity contribution in [2.45, 2.75) is 18.9 Å². The molecule has 0 bridgehead atoms. The molecule has 3 nitrogen and oxygen atoms in total. The van der Waals surface area contributed by atoms with Crippen LogP contribution in [0.5, 0.6) is 0 Å². The highest BCUT2D eigenvalue weighted by Crippen LogP contribution is 2.42. The quantitative estimate of drug-likeness (QED) is 0.536. The van der Waals surface area contributed by atoms with Crippen molar-refractivity contribution in [1.29, 1.82) is 0 Å². The van der Waals surface area contributed by atoms with Crippen molar-refractivity contribution in [3.05, 3.63) is 60.7 Å². The van der Waals surface area contributed by atoms with Crippen molar-refractivity contribution in [2.75, 3.05) is 0 Å². The first-order valence-corrected chi connectivity index (χ1v) is 7.82. The molecule has 0 aliphatic heterocycles. The van der Waals surface area contributed by atoms with E-state index in [4.69, 9.17) is 4.98 Å². The summed E-state index contributed by atoms with van der Waals surface area (Å²) in [6.07, 6.45) is 6.02. The summed E-state index contributed by atoms with van der Waals surface area (Å²) in [5, 5.41) is 2.21.